The Balaban J connectivity index is 0.00000220. The van der Waals surface area contributed by atoms with Crippen LogP contribution in [0.2, 0.25) is 13.1 Å². The molecule has 0 aliphatic heterocycles. The van der Waals surface area contributed by atoms with Crippen LogP contribution in [-0.2, 0) is 22.9 Å². The summed E-state index contributed by atoms with van der Waals surface area (Å²) in [6, 6.07) is 8.71. The van der Waals surface area contributed by atoms with Gasteiger partial charge in [-0.25, -0.2) is 0 Å². The van der Waals surface area contributed by atoms with Crippen molar-refractivity contribution in [3.63, 3.8) is 0 Å². The molecule has 1 aliphatic rings. The molecule has 0 spiro atoms. The van der Waals surface area contributed by atoms with Crippen LogP contribution >= 0.6 is 24.8 Å². The van der Waals surface area contributed by atoms with E-state index in [0.717, 1.165) is 12.2 Å². The third kappa shape index (κ3) is 5.90. The van der Waals surface area contributed by atoms with E-state index in [1.807, 2.05) is 0 Å². The van der Waals surface area contributed by atoms with Crippen molar-refractivity contribution in [1.82, 2.24) is 0 Å². The van der Waals surface area contributed by atoms with E-state index in [9.17, 15) is 0 Å². The zero-order chi connectivity index (χ0) is 14.8. The number of rotatable bonds is 4. The molecule has 1 aliphatic carbocycles. The molecule has 2 rings (SSSR count). The van der Waals surface area contributed by atoms with Crippen LogP contribution in [0.5, 0.6) is 5.75 Å². The van der Waals surface area contributed by atoms with Gasteiger partial charge in [0.1, 0.15) is 0 Å². The molecule has 1 nitrogen and oxygen atoms in total. The second-order valence-corrected chi connectivity index (χ2v) is 19.1. The molecule has 0 radical (unpaired) electrons. The summed E-state index contributed by atoms with van der Waals surface area (Å²) in [7, 11) is 0. The summed E-state index contributed by atoms with van der Waals surface area (Å²) < 4.78 is 8.12. The van der Waals surface area contributed by atoms with Crippen molar-refractivity contribution >= 4 is 31.5 Å². The van der Waals surface area contributed by atoms with Gasteiger partial charge in [-0.05, 0) is 0 Å². The van der Waals surface area contributed by atoms with Crippen molar-refractivity contribution in [3.05, 3.63) is 51.9 Å². The quantitative estimate of drug-likeness (QED) is 0.607. The first-order valence-electron chi connectivity index (χ1n) is 7.39. The SMILES string of the molecule is C[SiH](C)[Ti]([O]c1cccc(C(C)(C)C)c1)[C]1=CC=CC1.Cl.Cl. The van der Waals surface area contributed by atoms with Crippen molar-refractivity contribution in [2.75, 3.05) is 0 Å². The normalized spacial score (nSPS) is 13.3. The molecule has 0 aromatic heterocycles. The number of benzene rings is 1. The van der Waals surface area contributed by atoms with E-state index in [1.165, 1.54) is 5.56 Å². The van der Waals surface area contributed by atoms with Crippen LogP contribution in [0.15, 0.2) is 46.4 Å². The number of hydrogen-bond donors (Lipinski definition) is 0. The molecule has 5 heteroatoms. The van der Waals surface area contributed by atoms with E-state index >= 15 is 0 Å². The maximum Gasteiger partial charge on any atom is -0.147 e. The Bertz CT molecular complexity index is 536. The fourth-order valence-corrected chi connectivity index (χ4v) is 11.0. The van der Waals surface area contributed by atoms with Gasteiger partial charge in [0.2, 0.25) is 0 Å². The molecule has 0 amide bonds. The Labute approximate surface area is 155 Å². The number of halogens is 2. The molecule has 0 bridgehead atoms. The first-order chi connectivity index (χ1) is 9.38. The van der Waals surface area contributed by atoms with E-state index in [2.05, 4.69) is 76.4 Å². The van der Waals surface area contributed by atoms with Gasteiger partial charge in [-0.3, -0.25) is 0 Å². The fraction of sp³-hybridized carbons (Fsp3) is 0.412. The molecule has 0 atom stereocenters. The molecule has 1 aromatic carbocycles. The van der Waals surface area contributed by atoms with E-state index in [-0.39, 0.29) is 30.2 Å². The maximum atomic E-state index is 6.52. The Hall–Kier alpha value is 0.0112. The van der Waals surface area contributed by atoms with Gasteiger partial charge in [-0.2, -0.15) is 0 Å². The van der Waals surface area contributed by atoms with Crippen LogP contribution < -0.4 is 3.32 Å². The Morgan fingerprint density at radius 2 is 1.82 bits per heavy atom. The number of hydrogen-bond acceptors (Lipinski definition) is 1. The minimum absolute atomic E-state index is 0. The maximum absolute atomic E-state index is 6.52. The van der Waals surface area contributed by atoms with Crippen molar-refractivity contribution in [1.29, 1.82) is 0 Å². The molecule has 0 N–H and O–H groups in total. The van der Waals surface area contributed by atoms with E-state index in [0.29, 0.717) is 0 Å². The van der Waals surface area contributed by atoms with Crippen LogP contribution in [0.4, 0.5) is 0 Å². The molecule has 1 aromatic rings. The van der Waals surface area contributed by atoms with Crippen LogP contribution in [-0.4, -0.2) is 6.66 Å². The zero-order valence-electron chi connectivity index (χ0n) is 14.1. The summed E-state index contributed by atoms with van der Waals surface area (Å²) in [4.78, 5) is 0. The van der Waals surface area contributed by atoms with Gasteiger partial charge in [0.25, 0.3) is 0 Å². The van der Waals surface area contributed by atoms with Gasteiger partial charge in [0.05, 0.1) is 0 Å². The molecule has 0 heterocycles. The molecule has 0 saturated heterocycles. The van der Waals surface area contributed by atoms with Gasteiger partial charge < -0.3 is 0 Å². The summed E-state index contributed by atoms with van der Waals surface area (Å²) in [6.07, 6.45) is 7.87. The summed E-state index contributed by atoms with van der Waals surface area (Å²) in [5.74, 6) is 1.08. The molecular formula is C17H27Cl2OSiTi. The van der Waals surface area contributed by atoms with Crippen LogP contribution in [0.3, 0.4) is 0 Å². The van der Waals surface area contributed by atoms with Gasteiger partial charge >= 0.3 is 131 Å². The topological polar surface area (TPSA) is 9.23 Å². The molecule has 0 saturated carbocycles. The summed E-state index contributed by atoms with van der Waals surface area (Å²) in [5, 5.41) is 0. The predicted octanol–water partition coefficient (Wildman–Crippen LogP) is 5.57. The Morgan fingerprint density at radius 1 is 1.14 bits per heavy atom. The second kappa shape index (κ2) is 9.34. The van der Waals surface area contributed by atoms with E-state index < -0.39 is 24.2 Å². The van der Waals surface area contributed by atoms with Crippen LogP contribution in [0.25, 0.3) is 0 Å². The number of allylic oxidation sites excluding steroid dienone is 4. The van der Waals surface area contributed by atoms with Crippen molar-refractivity contribution in [3.8, 4) is 5.75 Å². The van der Waals surface area contributed by atoms with Crippen LogP contribution in [0, 0.1) is 0 Å². The van der Waals surface area contributed by atoms with Crippen molar-refractivity contribution in [2.24, 2.45) is 0 Å². The van der Waals surface area contributed by atoms with Gasteiger partial charge in [-0.15, -0.1) is 24.8 Å². The van der Waals surface area contributed by atoms with Gasteiger partial charge in [-0.1, -0.05) is 0 Å². The minimum atomic E-state index is -1.53. The second-order valence-electron chi connectivity index (χ2n) is 6.72. The molecule has 123 valence electrons. The third-order valence-electron chi connectivity index (χ3n) is 3.54. The van der Waals surface area contributed by atoms with E-state index in [1.54, 1.807) is 3.88 Å². The monoisotopic (exact) mass is 393 g/mol. The van der Waals surface area contributed by atoms with Gasteiger partial charge in [0, 0.05) is 0 Å². The minimum Gasteiger partial charge on any atom is -0.147 e. The molecular weight excluding hydrogens is 367 g/mol. The average molecular weight is 394 g/mol. The molecule has 0 fully saturated rings. The molecule has 0 unspecified atom stereocenters. The zero-order valence-corrected chi connectivity index (χ0v) is 18.4. The molecule has 22 heavy (non-hydrogen) atoms. The Morgan fingerprint density at radius 3 is 2.32 bits per heavy atom. The van der Waals surface area contributed by atoms with E-state index in [4.69, 9.17) is 3.32 Å². The standard InChI is InChI=1S/C10H14O.C5H5.C2H7Si.2ClH.Ti/c1-10(2,3)8-5-4-6-9(11)7-8;1-2-4-5-3-1;1-3-2;;;/h4-7,11H,1-3H3;1-3H,4H2;3H,1-2H3;2*1H;/q;;;;;+1/p-1. The smallest absolute Gasteiger partial charge is 0.147 e. The first-order valence-corrected chi connectivity index (χ1v) is 14.4. The summed E-state index contributed by atoms with van der Waals surface area (Å²) >= 11 is -1.53. The van der Waals surface area contributed by atoms with Crippen LogP contribution in [0.1, 0.15) is 32.8 Å². The average Bonchev–Trinajstić information content (AvgIpc) is 2.88. The summed E-state index contributed by atoms with van der Waals surface area (Å²) in [6.45, 7) is 10.9. The van der Waals surface area contributed by atoms with Crippen molar-refractivity contribution in [2.45, 2.75) is 45.7 Å². The Kier molecular flexibility index (Phi) is 9.35. The van der Waals surface area contributed by atoms with Gasteiger partial charge in [0.15, 0.2) is 0 Å². The fourth-order valence-electron chi connectivity index (χ4n) is 2.34. The third-order valence-corrected chi connectivity index (χ3v) is 13.8. The summed E-state index contributed by atoms with van der Waals surface area (Å²) in [5.41, 5.74) is 1.54. The largest absolute Gasteiger partial charge is 0.147 e. The first kappa shape index (κ1) is 22.0. The van der Waals surface area contributed by atoms with Crippen molar-refractivity contribution < 1.29 is 20.8 Å². The predicted molar refractivity (Wildman–Crippen MR) is 101 cm³/mol.